The maximum absolute atomic E-state index is 14.4. The normalized spacial score (nSPS) is 17.2. The van der Waals surface area contributed by atoms with Crippen molar-refractivity contribution in [2.45, 2.75) is 33.6 Å². The second-order valence-electron chi connectivity index (χ2n) is 7.00. The maximum Gasteiger partial charge on any atom is 0.165 e. The first-order valence-corrected chi connectivity index (χ1v) is 7.50. The fourth-order valence-corrected chi connectivity index (χ4v) is 3.65. The van der Waals surface area contributed by atoms with Crippen molar-refractivity contribution in [1.82, 2.24) is 9.97 Å². The lowest BCUT2D eigenvalue weighted by Gasteiger charge is -2.30. The standard InChI is InChI=1S/C18H17FN2O/c1-9-17-16(14-10(19)5-4-6-11(14)21-17)15-12(20-9)7-18(2,3)8-13(15)22/h4-6,21H,7-8H2,1-3H3. The summed E-state index contributed by atoms with van der Waals surface area (Å²) in [7, 11) is 0. The van der Waals surface area contributed by atoms with Crippen molar-refractivity contribution >= 4 is 27.6 Å². The Kier molecular flexibility index (Phi) is 2.54. The van der Waals surface area contributed by atoms with Crippen molar-refractivity contribution in [3.8, 4) is 0 Å². The van der Waals surface area contributed by atoms with Crippen LogP contribution in [0.3, 0.4) is 0 Å². The minimum absolute atomic E-state index is 0.0629. The number of hydrogen-bond donors (Lipinski definition) is 1. The predicted molar refractivity (Wildman–Crippen MR) is 84.7 cm³/mol. The summed E-state index contributed by atoms with van der Waals surface area (Å²) in [6.07, 6.45) is 1.22. The van der Waals surface area contributed by atoms with Gasteiger partial charge in [-0.15, -0.1) is 0 Å². The van der Waals surface area contributed by atoms with Gasteiger partial charge in [-0.25, -0.2) is 4.39 Å². The Morgan fingerprint density at radius 1 is 1.23 bits per heavy atom. The summed E-state index contributed by atoms with van der Waals surface area (Å²) in [6.45, 7) is 6.05. The summed E-state index contributed by atoms with van der Waals surface area (Å²) < 4.78 is 14.4. The number of halogens is 1. The minimum Gasteiger partial charge on any atom is -0.353 e. The zero-order valence-corrected chi connectivity index (χ0v) is 12.9. The molecular weight excluding hydrogens is 279 g/mol. The van der Waals surface area contributed by atoms with Crippen LogP contribution in [-0.2, 0) is 6.42 Å². The number of aryl methyl sites for hydroxylation is 1. The smallest absolute Gasteiger partial charge is 0.165 e. The van der Waals surface area contributed by atoms with Gasteiger partial charge in [-0.1, -0.05) is 19.9 Å². The molecule has 0 atom stereocenters. The van der Waals surface area contributed by atoms with Crippen LogP contribution in [0.5, 0.6) is 0 Å². The number of Topliss-reactive ketones (excluding diaryl/α,β-unsaturated/α-hetero) is 1. The van der Waals surface area contributed by atoms with E-state index < -0.39 is 0 Å². The van der Waals surface area contributed by atoms with E-state index in [2.05, 4.69) is 23.8 Å². The predicted octanol–water partition coefficient (Wildman–Crippen LogP) is 4.32. The number of pyridine rings is 1. The van der Waals surface area contributed by atoms with Crippen molar-refractivity contribution in [2.75, 3.05) is 0 Å². The third-order valence-corrected chi connectivity index (χ3v) is 4.54. The number of rotatable bonds is 0. The number of benzene rings is 1. The van der Waals surface area contributed by atoms with Crippen LogP contribution in [0.1, 0.15) is 42.0 Å². The molecule has 0 saturated carbocycles. The van der Waals surface area contributed by atoms with Gasteiger partial charge in [0.05, 0.1) is 16.9 Å². The van der Waals surface area contributed by atoms with Crippen molar-refractivity contribution < 1.29 is 9.18 Å². The summed E-state index contributed by atoms with van der Waals surface area (Å²) in [6, 6.07) is 4.95. The van der Waals surface area contributed by atoms with Gasteiger partial charge in [-0.2, -0.15) is 0 Å². The van der Waals surface area contributed by atoms with Gasteiger partial charge in [-0.05, 0) is 30.9 Å². The molecule has 22 heavy (non-hydrogen) atoms. The van der Waals surface area contributed by atoms with Crippen LogP contribution < -0.4 is 0 Å². The van der Waals surface area contributed by atoms with Crippen molar-refractivity contribution in [3.05, 3.63) is 41.0 Å². The highest BCUT2D eigenvalue weighted by atomic mass is 19.1. The second kappa shape index (κ2) is 4.15. The molecule has 0 aliphatic heterocycles. The van der Waals surface area contributed by atoms with E-state index in [-0.39, 0.29) is 17.0 Å². The molecule has 0 unspecified atom stereocenters. The number of hydrogen-bond acceptors (Lipinski definition) is 2. The average Bonchev–Trinajstić information content (AvgIpc) is 2.78. The molecule has 4 rings (SSSR count). The van der Waals surface area contributed by atoms with E-state index in [9.17, 15) is 9.18 Å². The fourth-order valence-electron chi connectivity index (χ4n) is 3.65. The first-order valence-electron chi connectivity index (χ1n) is 7.50. The Hall–Kier alpha value is -2.23. The van der Waals surface area contributed by atoms with Crippen LogP contribution in [-0.4, -0.2) is 15.8 Å². The van der Waals surface area contributed by atoms with Crippen LogP contribution in [0.4, 0.5) is 4.39 Å². The molecule has 0 bridgehead atoms. The lowest BCUT2D eigenvalue weighted by Crippen LogP contribution is -2.28. The number of carbonyl (C=O) groups is 1. The topological polar surface area (TPSA) is 45.8 Å². The van der Waals surface area contributed by atoms with E-state index in [1.54, 1.807) is 6.07 Å². The molecule has 3 aromatic rings. The molecular formula is C18H17FN2O. The van der Waals surface area contributed by atoms with Crippen molar-refractivity contribution in [2.24, 2.45) is 5.41 Å². The SMILES string of the molecule is Cc1nc2c(c3c1[nH]c1cccc(F)c13)C(=O)CC(C)(C)C2. The maximum atomic E-state index is 14.4. The Labute approximate surface area is 127 Å². The average molecular weight is 296 g/mol. The Morgan fingerprint density at radius 3 is 2.77 bits per heavy atom. The van der Waals surface area contributed by atoms with Crippen LogP contribution in [0.2, 0.25) is 0 Å². The van der Waals surface area contributed by atoms with E-state index in [4.69, 9.17) is 0 Å². The van der Waals surface area contributed by atoms with E-state index in [0.29, 0.717) is 28.3 Å². The molecule has 1 aliphatic rings. The van der Waals surface area contributed by atoms with Gasteiger partial charge in [-0.3, -0.25) is 9.78 Å². The molecule has 1 aromatic carbocycles. The number of aromatic nitrogens is 2. The molecule has 1 N–H and O–H groups in total. The summed E-state index contributed by atoms with van der Waals surface area (Å²) in [4.78, 5) is 20.6. The number of H-pyrrole nitrogens is 1. The molecule has 0 spiro atoms. The number of nitrogens with one attached hydrogen (secondary N) is 1. The monoisotopic (exact) mass is 296 g/mol. The van der Waals surface area contributed by atoms with E-state index in [0.717, 1.165) is 23.3 Å². The number of aromatic amines is 1. The zero-order valence-electron chi connectivity index (χ0n) is 12.9. The molecule has 1 aliphatic carbocycles. The first kappa shape index (κ1) is 13.4. The van der Waals surface area contributed by atoms with Gasteiger partial charge in [0.2, 0.25) is 0 Å². The van der Waals surface area contributed by atoms with Crippen LogP contribution in [0, 0.1) is 18.2 Å². The molecule has 0 amide bonds. The molecule has 112 valence electrons. The Bertz CT molecular complexity index is 953. The molecule has 0 fully saturated rings. The van der Waals surface area contributed by atoms with Gasteiger partial charge in [0.15, 0.2) is 5.78 Å². The van der Waals surface area contributed by atoms with E-state index in [1.165, 1.54) is 6.07 Å². The molecule has 0 saturated heterocycles. The van der Waals surface area contributed by atoms with Crippen molar-refractivity contribution in [1.29, 1.82) is 0 Å². The number of ketones is 1. The molecule has 3 nitrogen and oxygen atoms in total. The Morgan fingerprint density at radius 2 is 2.00 bits per heavy atom. The third kappa shape index (κ3) is 1.73. The summed E-state index contributed by atoms with van der Waals surface area (Å²) in [5.74, 6) is -0.234. The van der Waals surface area contributed by atoms with Crippen LogP contribution >= 0.6 is 0 Å². The number of fused-ring (bicyclic) bond motifs is 5. The zero-order chi connectivity index (χ0) is 15.6. The van der Waals surface area contributed by atoms with E-state index in [1.807, 2.05) is 13.0 Å². The number of nitrogens with zero attached hydrogens (tertiary/aromatic N) is 1. The molecule has 0 radical (unpaired) electrons. The van der Waals surface area contributed by atoms with Gasteiger partial charge >= 0.3 is 0 Å². The lowest BCUT2D eigenvalue weighted by atomic mass is 9.74. The van der Waals surface area contributed by atoms with Crippen LogP contribution in [0.25, 0.3) is 21.8 Å². The van der Waals surface area contributed by atoms with Gasteiger partial charge in [0, 0.05) is 28.3 Å². The summed E-state index contributed by atoms with van der Waals surface area (Å²) >= 11 is 0. The summed E-state index contributed by atoms with van der Waals surface area (Å²) in [5, 5.41) is 1.21. The fraction of sp³-hybridized carbons (Fsp3) is 0.333. The highest BCUT2D eigenvalue weighted by molar-refractivity contribution is 6.19. The second-order valence-corrected chi connectivity index (χ2v) is 7.00. The highest BCUT2D eigenvalue weighted by Crippen LogP contribution is 2.40. The van der Waals surface area contributed by atoms with Gasteiger partial charge in [0.25, 0.3) is 0 Å². The quantitative estimate of drug-likeness (QED) is 0.671. The third-order valence-electron chi connectivity index (χ3n) is 4.54. The first-order chi connectivity index (χ1) is 10.4. The van der Waals surface area contributed by atoms with E-state index >= 15 is 0 Å². The van der Waals surface area contributed by atoms with Crippen LogP contribution in [0.15, 0.2) is 18.2 Å². The molecule has 2 heterocycles. The van der Waals surface area contributed by atoms with Gasteiger partial charge < -0.3 is 4.98 Å². The summed E-state index contributed by atoms with van der Waals surface area (Å²) in [5.41, 5.74) is 3.61. The lowest BCUT2D eigenvalue weighted by molar-refractivity contribution is 0.0912. The largest absolute Gasteiger partial charge is 0.353 e. The Balaban J connectivity index is 2.21. The number of carbonyl (C=O) groups excluding carboxylic acids is 1. The molecule has 4 heteroatoms. The minimum atomic E-state index is -0.297. The molecule has 2 aromatic heterocycles. The van der Waals surface area contributed by atoms with Gasteiger partial charge in [0.1, 0.15) is 5.82 Å². The van der Waals surface area contributed by atoms with Crippen molar-refractivity contribution in [3.63, 3.8) is 0 Å². The highest BCUT2D eigenvalue weighted by Gasteiger charge is 2.34.